The molecule has 2 unspecified atom stereocenters. The number of hydrogen-bond acceptors (Lipinski definition) is 9. The molecule has 0 amide bonds. The topological polar surface area (TPSA) is 92.4 Å². The van der Waals surface area contributed by atoms with Crippen LogP contribution in [0.25, 0.3) is 32.2 Å². The molecule has 4 aliphatic rings. The first-order chi connectivity index (χ1) is 21.5. The fourth-order valence-electron chi connectivity index (χ4n) is 7.91. The van der Waals surface area contributed by atoms with Crippen molar-refractivity contribution in [2.45, 2.75) is 62.1 Å². The standard InChI is InChI=1S/C30H29F6N7OS/c31-14-9-29(6-1-7-42(29)12-14)13-44-28-40-23-18(26(41-28)43-15-2-3-16(43)11-38-10-15)8-19(30(34,35)36)21(22(23)33)17-4-5-20(32)25-24(17)39-27(37)45-25/h4-5,8,14-16,38H,1-3,6-7,9-13H2,(H2,37,39)/t14-,15?,16?,29+/m1/s1. The number of nitrogen functional groups attached to an aromatic ring is 1. The van der Waals surface area contributed by atoms with E-state index in [2.05, 4.69) is 25.2 Å². The van der Waals surface area contributed by atoms with Crippen LogP contribution in [0.3, 0.4) is 0 Å². The van der Waals surface area contributed by atoms with Crippen LogP contribution in [0.15, 0.2) is 18.2 Å². The normalized spacial score (nSPS) is 26.8. The van der Waals surface area contributed by atoms with Crippen molar-refractivity contribution in [1.29, 1.82) is 0 Å². The number of halogens is 6. The van der Waals surface area contributed by atoms with E-state index in [9.17, 15) is 22.0 Å². The highest BCUT2D eigenvalue weighted by Gasteiger charge is 2.49. The number of nitrogens with zero attached hydrogens (tertiary/aromatic N) is 5. The van der Waals surface area contributed by atoms with Crippen molar-refractivity contribution in [3.63, 3.8) is 0 Å². The Balaban J connectivity index is 1.34. The van der Waals surface area contributed by atoms with Gasteiger partial charge in [-0.05, 0) is 50.4 Å². The lowest BCUT2D eigenvalue weighted by molar-refractivity contribution is -0.137. The fraction of sp³-hybridized carbons (Fsp3) is 0.500. The number of rotatable bonds is 5. The van der Waals surface area contributed by atoms with Crippen LogP contribution < -0.4 is 20.7 Å². The molecule has 4 aromatic rings. The number of thiazole rings is 1. The summed E-state index contributed by atoms with van der Waals surface area (Å²) in [5, 5.41) is 3.18. The van der Waals surface area contributed by atoms with Gasteiger partial charge in [-0.15, -0.1) is 0 Å². The molecule has 0 saturated carbocycles. The molecule has 0 radical (unpaired) electrons. The number of alkyl halides is 4. The molecule has 2 bridgehead atoms. The number of nitrogens with one attached hydrogen (secondary N) is 1. The maximum atomic E-state index is 16.8. The lowest BCUT2D eigenvalue weighted by Crippen LogP contribution is -2.52. The molecule has 6 heterocycles. The third kappa shape index (κ3) is 4.60. The Hall–Kier alpha value is -3.43. The Labute approximate surface area is 257 Å². The van der Waals surface area contributed by atoms with Gasteiger partial charge in [-0.2, -0.15) is 23.1 Å². The third-order valence-electron chi connectivity index (χ3n) is 9.83. The predicted molar refractivity (Wildman–Crippen MR) is 158 cm³/mol. The molecule has 8 nitrogen and oxygen atoms in total. The van der Waals surface area contributed by atoms with E-state index in [0.29, 0.717) is 26.1 Å². The van der Waals surface area contributed by atoms with E-state index < -0.39 is 40.6 Å². The summed E-state index contributed by atoms with van der Waals surface area (Å²) in [6.07, 6.45) is -2.50. The van der Waals surface area contributed by atoms with E-state index in [-0.39, 0.29) is 62.3 Å². The van der Waals surface area contributed by atoms with E-state index >= 15 is 4.39 Å². The Kier molecular flexibility index (Phi) is 6.63. The van der Waals surface area contributed by atoms with Gasteiger partial charge >= 0.3 is 12.2 Å². The van der Waals surface area contributed by atoms with E-state index in [1.807, 2.05) is 4.90 Å². The maximum absolute atomic E-state index is 16.8. The van der Waals surface area contributed by atoms with Crippen LogP contribution in [0.4, 0.5) is 37.3 Å². The third-order valence-corrected chi connectivity index (χ3v) is 10.7. The first-order valence-corrected chi connectivity index (χ1v) is 15.8. The minimum Gasteiger partial charge on any atom is -0.461 e. The molecule has 4 fully saturated rings. The molecule has 15 heteroatoms. The largest absolute Gasteiger partial charge is 0.461 e. The molecule has 45 heavy (non-hydrogen) atoms. The highest BCUT2D eigenvalue weighted by atomic mass is 32.1. The minimum absolute atomic E-state index is 0.0625. The Morgan fingerprint density at radius 1 is 1.09 bits per heavy atom. The van der Waals surface area contributed by atoms with Crippen LogP contribution in [0, 0.1) is 11.6 Å². The lowest BCUT2D eigenvalue weighted by Gasteiger charge is -2.37. The van der Waals surface area contributed by atoms with Crippen LogP contribution >= 0.6 is 11.3 Å². The smallest absolute Gasteiger partial charge is 0.417 e. The van der Waals surface area contributed by atoms with E-state index in [1.54, 1.807) is 0 Å². The number of aromatic nitrogens is 3. The second-order valence-electron chi connectivity index (χ2n) is 12.5. The average Bonchev–Trinajstić information content (AvgIpc) is 3.71. The summed E-state index contributed by atoms with van der Waals surface area (Å²) in [5.41, 5.74) is 2.41. The SMILES string of the molecule is Nc1nc2c(-c3c(C(F)(F)F)cc4c(N5C6CCC5CNC6)nc(OC[C@@]56CCCN5C[C@H](F)C6)nc4c3F)ccc(F)c2s1. The first kappa shape index (κ1) is 29.0. The zero-order valence-electron chi connectivity index (χ0n) is 23.9. The van der Waals surface area contributed by atoms with Gasteiger partial charge in [-0.3, -0.25) is 4.90 Å². The molecule has 3 N–H and O–H groups in total. The number of anilines is 2. The van der Waals surface area contributed by atoms with Gasteiger partial charge in [-0.25, -0.2) is 18.2 Å². The Morgan fingerprint density at radius 2 is 1.87 bits per heavy atom. The van der Waals surface area contributed by atoms with E-state index in [0.717, 1.165) is 61.8 Å². The summed E-state index contributed by atoms with van der Waals surface area (Å²) in [6, 6.07) is 2.62. The predicted octanol–water partition coefficient (Wildman–Crippen LogP) is 5.68. The molecule has 2 aromatic heterocycles. The van der Waals surface area contributed by atoms with Crippen molar-refractivity contribution < 1.29 is 31.1 Å². The minimum atomic E-state index is -4.99. The van der Waals surface area contributed by atoms with Gasteiger partial charge in [0.1, 0.15) is 29.9 Å². The summed E-state index contributed by atoms with van der Waals surface area (Å²) in [6.45, 7) is 2.31. The van der Waals surface area contributed by atoms with Gasteiger partial charge in [0.05, 0.1) is 21.3 Å². The number of benzene rings is 2. The molecular weight excluding hydrogens is 620 g/mol. The molecule has 238 valence electrons. The zero-order chi connectivity index (χ0) is 31.2. The number of nitrogens with two attached hydrogens (primary N) is 1. The van der Waals surface area contributed by atoms with Crippen LogP contribution in [-0.4, -0.2) is 76.4 Å². The van der Waals surface area contributed by atoms with Gasteiger partial charge in [0.2, 0.25) is 0 Å². The van der Waals surface area contributed by atoms with E-state index in [4.69, 9.17) is 10.5 Å². The summed E-state index contributed by atoms with van der Waals surface area (Å²) < 4.78 is 96.3. The molecule has 4 atom stereocenters. The number of piperazine rings is 1. The maximum Gasteiger partial charge on any atom is 0.417 e. The second-order valence-corrected chi connectivity index (χ2v) is 13.5. The molecular formula is C30H29F6N7OS. The van der Waals surface area contributed by atoms with Crippen LogP contribution in [0.5, 0.6) is 6.01 Å². The van der Waals surface area contributed by atoms with Crippen LogP contribution in [-0.2, 0) is 6.18 Å². The van der Waals surface area contributed by atoms with Gasteiger partial charge in [0, 0.05) is 54.7 Å². The van der Waals surface area contributed by atoms with Crippen molar-refractivity contribution in [2.24, 2.45) is 0 Å². The molecule has 0 aliphatic carbocycles. The van der Waals surface area contributed by atoms with Crippen molar-refractivity contribution in [1.82, 2.24) is 25.2 Å². The van der Waals surface area contributed by atoms with Gasteiger partial charge in [-0.1, -0.05) is 11.3 Å². The van der Waals surface area contributed by atoms with Crippen molar-refractivity contribution >= 4 is 43.4 Å². The van der Waals surface area contributed by atoms with Crippen molar-refractivity contribution in [3.05, 3.63) is 35.4 Å². The number of ether oxygens (including phenoxy) is 1. The van der Waals surface area contributed by atoms with Gasteiger partial charge in [0.15, 0.2) is 10.9 Å². The molecule has 2 aromatic carbocycles. The van der Waals surface area contributed by atoms with Gasteiger partial charge < -0.3 is 20.7 Å². The monoisotopic (exact) mass is 649 g/mol. The second kappa shape index (κ2) is 10.3. The summed E-state index contributed by atoms with van der Waals surface area (Å²) in [7, 11) is 0. The molecule has 4 saturated heterocycles. The molecule has 4 aliphatic heterocycles. The van der Waals surface area contributed by atoms with Crippen LogP contribution in [0.2, 0.25) is 0 Å². The first-order valence-electron chi connectivity index (χ1n) is 15.0. The highest BCUT2D eigenvalue weighted by Crippen LogP contribution is 2.47. The fourth-order valence-corrected chi connectivity index (χ4v) is 8.67. The lowest BCUT2D eigenvalue weighted by atomic mass is 9.94. The molecule has 8 rings (SSSR count). The van der Waals surface area contributed by atoms with Gasteiger partial charge in [0.25, 0.3) is 0 Å². The number of fused-ring (bicyclic) bond motifs is 5. The molecule has 0 spiro atoms. The summed E-state index contributed by atoms with van der Waals surface area (Å²) >= 11 is 0.766. The zero-order valence-corrected chi connectivity index (χ0v) is 24.7. The average molecular weight is 650 g/mol. The highest BCUT2D eigenvalue weighted by molar-refractivity contribution is 7.22. The Bertz CT molecular complexity index is 1820. The summed E-state index contributed by atoms with van der Waals surface area (Å²) in [5.74, 6) is -1.81. The van der Waals surface area contributed by atoms with Crippen molar-refractivity contribution in [3.8, 4) is 17.1 Å². The van der Waals surface area contributed by atoms with E-state index in [1.165, 1.54) is 0 Å². The number of hydrogen-bond donors (Lipinski definition) is 2. The van der Waals surface area contributed by atoms with Crippen LogP contribution in [0.1, 0.15) is 37.7 Å². The Morgan fingerprint density at radius 3 is 2.62 bits per heavy atom. The van der Waals surface area contributed by atoms with Crippen molar-refractivity contribution in [2.75, 3.05) is 43.4 Å². The summed E-state index contributed by atoms with van der Waals surface area (Å²) in [4.78, 5) is 17.1. The quantitative estimate of drug-likeness (QED) is 0.267.